The average Bonchev–Trinajstić information content (AvgIpc) is 3.20. The van der Waals surface area contributed by atoms with Crippen LogP contribution in [-0.2, 0) is 9.53 Å². The molecule has 8 nitrogen and oxygen atoms in total. The molecule has 3 aliphatic rings. The Hall–Kier alpha value is -2.63. The number of rotatable bonds is 3. The molecular formula is C21H25ClN6O2. The Labute approximate surface area is 181 Å². The van der Waals surface area contributed by atoms with Crippen molar-refractivity contribution in [1.29, 1.82) is 5.26 Å². The number of nitriles is 1. The van der Waals surface area contributed by atoms with Gasteiger partial charge in [-0.25, -0.2) is 10.0 Å². The van der Waals surface area contributed by atoms with Gasteiger partial charge >= 0.3 is 0 Å². The van der Waals surface area contributed by atoms with Crippen LogP contribution >= 0.6 is 11.6 Å². The van der Waals surface area contributed by atoms with Crippen LogP contribution in [0, 0.1) is 11.5 Å². The lowest BCUT2D eigenvalue weighted by Gasteiger charge is -2.33. The van der Waals surface area contributed by atoms with Gasteiger partial charge in [0.2, 0.25) is 11.9 Å². The Bertz CT molecular complexity index is 872. The third kappa shape index (κ3) is 4.58. The summed E-state index contributed by atoms with van der Waals surface area (Å²) < 4.78 is 5.30. The molecule has 1 saturated carbocycles. The predicted molar refractivity (Wildman–Crippen MR) is 114 cm³/mol. The molecule has 2 fully saturated rings. The van der Waals surface area contributed by atoms with Gasteiger partial charge in [0.1, 0.15) is 6.61 Å². The molecule has 1 aromatic rings. The van der Waals surface area contributed by atoms with Gasteiger partial charge in [0.05, 0.1) is 30.9 Å². The van der Waals surface area contributed by atoms with Crippen LogP contribution in [0.2, 0.25) is 5.02 Å². The van der Waals surface area contributed by atoms with Gasteiger partial charge in [-0.3, -0.25) is 10.1 Å². The van der Waals surface area contributed by atoms with Crippen molar-refractivity contribution < 1.29 is 9.53 Å². The van der Waals surface area contributed by atoms with Crippen molar-refractivity contribution >= 4 is 29.2 Å². The molecule has 9 heteroatoms. The van der Waals surface area contributed by atoms with Gasteiger partial charge < -0.3 is 9.64 Å². The number of amides is 1. The normalized spacial score (nSPS) is 23.3. The fraction of sp³-hybridized carbons (Fsp3) is 0.524. The standard InChI is InChI=1S/C21H25ClN6O2/c22-16-8-6-15(7-9-16)20-18(27-10-11-30-13-19(27)29)12-28(26-20)21(24-14-23)25-17-4-2-1-3-5-17/h6-9,17-18H,1-5,10-13H2,(H,24,25). The van der Waals surface area contributed by atoms with E-state index in [1.807, 2.05) is 35.4 Å². The number of morpholine rings is 1. The number of ether oxygens (including phenoxy) is 1. The van der Waals surface area contributed by atoms with Gasteiger partial charge in [-0.15, -0.1) is 0 Å². The summed E-state index contributed by atoms with van der Waals surface area (Å²) in [6.45, 7) is 1.51. The summed E-state index contributed by atoms with van der Waals surface area (Å²) in [6.07, 6.45) is 7.56. The lowest BCUT2D eigenvalue weighted by Crippen LogP contribution is -2.52. The van der Waals surface area contributed by atoms with Gasteiger partial charge in [-0.2, -0.15) is 10.4 Å². The lowest BCUT2D eigenvalue weighted by molar-refractivity contribution is -0.143. The zero-order chi connectivity index (χ0) is 20.9. The molecule has 2 aliphatic heterocycles. The monoisotopic (exact) mass is 428 g/mol. The van der Waals surface area contributed by atoms with Gasteiger partial charge in [0, 0.05) is 17.1 Å². The number of benzene rings is 1. The zero-order valence-electron chi connectivity index (χ0n) is 16.8. The maximum Gasteiger partial charge on any atom is 0.249 e. The van der Waals surface area contributed by atoms with Gasteiger partial charge in [0.15, 0.2) is 6.19 Å². The molecular weight excluding hydrogens is 404 g/mol. The molecule has 1 atom stereocenters. The third-order valence-electron chi connectivity index (χ3n) is 5.72. The Morgan fingerprint density at radius 3 is 2.73 bits per heavy atom. The summed E-state index contributed by atoms with van der Waals surface area (Å²) in [5.74, 6) is 0.382. The van der Waals surface area contributed by atoms with Crippen LogP contribution in [0.25, 0.3) is 0 Å². The number of aliphatic imine (C=N–C) groups is 1. The van der Waals surface area contributed by atoms with Crippen molar-refractivity contribution in [2.75, 3.05) is 26.3 Å². The van der Waals surface area contributed by atoms with Crippen molar-refractivity contribution in [2.24, 2.45) is 10.1 Å². The van der Waals surface area contributed by atoms with Crippen molar-refractivity contribution in [3.8, 4) is 6.19 Å². The van der Waals surface area contributed by atoms with Gasteiger partial charge in [-0.05, 0) is 25.0 Å². The molecule has 1 N–H and O–H groups in total. The first-order valence-corrected chi connectivity index (χ1v) is 10.8. The van der Waals surface area contributed by atoms with Crippen molar-refractivity contribution in [3.05, 3.63) is 34.9 Å². The summed E-state index contributed by atoms with van der Waals surface area (Å²) in [5.41, 5.74) is 1.65. The summed E-state index contributed by atoms with van der Waals surface area (Å²) in [4.78, 5) is 19.1. The molecule has 1 aromatic carbocycles. The average molecular weight is 429 g/mol. The van der Waals surface area contributed by atoms with E-state index < -0.39 is 0 Å². The number of hydrogen-bond donors (Lipinski definition) is 1. The summed E-state index contributed by atoms with van der Waals surface area (Å²) in [7, 11) is 0. The molecule has 0 radical (unpaired) electrons. The first-order valence-electron chi connectivity index (χ1n) is 10.4. The van der Waals surface area contributed by atoms with E-state index in [1.165, 1.54) is 6.42 Å². The van der Waals surface area contributed by atoms with Crippen LogP contribution in [0.15, 0.2) is 34.4 Å². The number of guanidine groups is 1. The van der Waals surface area contributed by atoms with E-state index in [0.717, 1.165) is 37.0 Å². The van der Waals surface area contributed by atoms with Crippen molar-refractivity contribution in [1.82, 2.24) is 15.2 Å². The van der Waals surface area contributed by atoms with E-state index in [0.29, 0.717) is 30.7 Å². The zero-order valence-corrected chi connectivity index (χ0v) is 17.5. The maximum atomic E-state index is 12.5. The molecule has 1 unspecified atom stereocenters. The third-order valence-corrected chi connectivity index (χ3v) is 5.97. The minimum Gasteiger partial charge on any atom is -0.370 e. The highest BCUT2D eigenvalue weighted by Gasteiger charge is 2.38. The molecule has 1 aliphatic carbocycles. The van der Waals surface area contributed by atoms with E-state index in [1.54, 1.807) is 5.01 Å². The number of hydrogen-bond acceptors (Lipinski definition) is 5. The first kappa shape index (κ1) is 20.6. The van der Waals surface area contributed by atoms with E-state index in [-0.39, 0.29) is 24.6 Å². The van der Waals surface area contributed by atoms with Crippen LogP contribution in [0.5, 0.6) is 0 Å². The smallest absolute Gasteiger partial charge is 0.249 e. The second-order valence-electron chi connectivity index (χ2n) is 7.71. The van der Waals surface area contributed by atoms with Crippen molar-refractivity contribution in [2.45, 2.75) is 44.2 Å². The fourth-order valence-corrected chi connectivity index (χ4v) is 4.32. The van der Waals surface area contributed by atoms with Crippen LogP contribution in [-0.4, -0.2) is 65.9 Å². The molecule has 0 aromatic heterocycles. The number of carbonyl (C=O) groups excluding carboxylic acids is 1. The van der Waals surface area contributed by atoms with Crippen molar-refractivity contribution in [3.63, 3.8) is 0 Å². The molecule has 1 saturated heterocycles. The molecule has 158 valence electrons. The highest BCUT2D eigenvalue weighted by Crippen LogP contribution is 2.24. The Kier molecular flexibility index (Phi) is 6.50. The quantitative estimate of drug-likeness (QED) is 0.345. The number of halogens is 1. The van der Waals surface area contributed by atoms with Gasteiger partial charge in [-0.1, -0.05) is 43.0 Å². The fourth-order valence-electron chi connectivity index (χ4n) is 4.19. The highest BCUT2D eigenvalue weighted by molar-refractivity contribution is 6.30. The molecule has 4 rings (SSSR count). The van der Waals surface area contributed by atoms with Crippen LogP contribution < -0.4 is 5.32 Å². The Morgan fingerprint density at radius 2 is 2.03 bits per heavy atom. The second-order valence-corrected chi connectivity index (χ2v) is 8.15. The molecule has 30 heavy (non-hydrogen) atoms. The largest absolute Gasteiger partial charge is 0.370 e. The topological polar surface area (TPSA) is 93.3 Å². The minimum atomic E-state index is -0.250. The molecule has 0 spiro atoms. The van der Waals surface area contributed by atoms with E-state index in [4.69, 9.17) is 26.4 Å². The van der Waals surface area contributed by atoms with Crippen LogP contribution in [0.3, 0.4) is 0 Å². The second kappa shape index (κ2) is 9.45. The van der Waals surface area contributed by atoms with Crippen LogP contribution in [0.4, 0.5) is 0 Å². The first-order chi connectivity index (χ1) is 14.7. The Morgan fingerprint density at radius 1 is 1.27 bits per heavy atom. The predicted octanol–water partition coefficient (Wildman–Crippen LogP) is 2.35. The number of carbonyl (C=O) groups is 1. The lowest BCUT2D eigenvalue weighted by atomic mass is 9.96. The summed E-state index contributed by atoms with van der Waals surface area (Å²) >= 11 is 6.06. The maximum absolute atomic E-state index is 12.5. The molecule has 1 amide bonds. The Balaban J connectivity index is 1.65. The highest BCUT2D eigenvalue weighted by atomic mass is 35.5. The van der Waals surface area contributed by atoms with E-state index in [2.05, 4.69) is 5.32 Å². The van der Waals surface area contributed by atoms with Gasteiger partial charge in [0.25, 0.3) is 0 Å². The number of nitrogens with one attached hydrogen (secondary N) is 1. The molecule has 0 bridgehead atoms. The van der Waals surface area contributed by atoms with E-state index >= 15 is 0 Å². The van der Waals surface area contributed by atoms with E-state index in [9.17, 15) is 10.1 Å². The SMILES string of the molecule is N#CNC(=NC1CCCCC1)N1CC(N2CCOCC2=O)C(c2ccc(Cl)cc2)=N1. The number of hydrazone groups is 1. The number of nitrogens with zero attached hydrogens (tertiary/aromatic N) is 5. The summed E-state index contributed by atoms with van der Waals surface area (Å²) in [5, 5.41) is 19.1. The van der Waals surface area contributed by atoms with Crippen LogP contribution in [0.1, 0.15) is 37.7 Å². The summed E-state index contributed by atoms with van der Waals surface area (Å²) in [6, 6.07) is 7.36. The minimum absolute atomic E-state index is 0.0613. The molecule has 2 heterocycles.